The summed E-state index contributed by atoms with van der Waals surface area (Å²) in [5.41, 5.74) is 4.02. The number of aromatic amines is 1. The van der Waals surface area contributed by atoms with Crippen LogP contribution in [0, 0.1) is 25.2 Å². The van der Waals surface area contributed by atoms with Gasteiger partial charge in [0.2, 0.25) is 0 Å². The molecule has 0 aliphatic carbocycles. The van der Waals surface area contributed by atoms with Crippen LogP contribution in [0.1, 0.15) is 29.5 Å². The van der Waals surface area contributed by atoms with Crippen LogP contribution in [0.3, 0.4) is 0 Å². The number of anilines is 1. The number of ether oxygens (including phenoxy) is 1. The van der Waals surface area contributed by atoms with Gasteiger partial charge in [-0.05, 0) is 55.7 Å². The molecule has 0 spiro atoms. The lowest BCUT2D eigenvalue weighted by atomic mass is 10.0. The molecule has 144 valence electrons. The van der Waals surface area contributed by atoms with Gasteiger partial charge >= 0.3 is 0 Å². The zero-order chi connectivity index (χ0) is 19.6. The lowest BCUT2D eigenvalue weighted by Gasteiger charge is -2.10. The maximum absolute atomic E-state index is 9.46. The van der Waals surface area contributed by atoms with Gasteiger partial charge in [-0.15, -0.1) is 0 Å². The molecule has 1 aromatic heterocycles. The number of nitrogens with one attached hydrogen (secondary N) is 4. The average Bonchev–Trinajstić information content (AvgIpc) is 2.64. The average molecular weight is 387 g/mol. The number of fused-ring (bicyclic) bond motifs is 1. The second-order valence-electron chi connectivity index (χ2n) is 6.52. The molecule has 0 atom stereocenters. The third kappa shape index (κ3) is 6.35. The molecule has 1 heterocycles. The summed E-state index contributed by atoms with van der Waals surface area (Å²) in [7, 11) is 1.69. The first-order chi connectivity index (χ1) is 13.0. The third-order valence-electron chi connectivity index (χ3n) is 4.22. The van der Waals surface area contributed by atoms with Crippen LogP contribution in [-0.4, -0.2) is 38.5 Å². The fourth-order valence-corrected chi connectivity index (χ4v) is 3.11. The number of pyridine rings is 1. The molecule has 4 N–H and O–H groups in total. The summed E-state index contributed by atoms with van der Waals surface area (Å²) in [4.78, 5) is 3.36. The maximum Gasteiger partial charge on any atom is 0.290 e. The van der Waals surface area contributed by atoms with Crippen molar-refractivity contribution in [3.8, 4) is 6.07 Å². The first-order valence-electron chi connectivity index (χ1n) is 9.17. The quantitative estimate of drug-likeness (QED) is 0.454. The fourth-order valence-electron chi connectivity index (χ4n) is 2.90. The Hall–Kier alpha value is -2.43. The van der Waals surface area contributed by atoms with Crippen LogP contribution in [0.4, 0.5) is 5.82 Å². The Morgan fingerprint density at radius 3 is 2.59 bits per heavy atom. The van der Waals surface area contributed by atoms with Crippen LogP contribution in [0.15, 0.2) is 18.2 Å². The first kappa shape index (κ1) is 20.9. The van der Waals surface area contributed by atoms with E-state index in [0.29, 0.717) is 10.7 Å². The number of thiocarbonyl (C=S) groups is 1. The highest BCUT2D eigenvalue weighted by atomic mass is 32.1. The molecule has 7 heteroatoms. The SMILES string of the molecule is COCCCNC(=S)NCCCNc1[nH+]c2cc(C)cc(C)c2cc1C#N. The van der Waals surface area contributed by atoms with Crippen molar-refractivity contribution in [1.29, 1.82) is 5.26 Å². The number of methoxy groups -OCH3 is 1. The smallest absolute Gasteiger partial charge is 0.290 e. The molecule has 0 radical (unpaired) electrons. The molecule has 0 aliphatic rings. The van der Waals surface area contributed by atoms with E-state index in [9.17, 15) is 5.26 Å². The molecular formula is C20H28N5OS+. The van der Waals surface area contributed by atoms with Crippen LogP contribution in [-0.2, 0) is 4.74 Å². The highest BCUT2D eigenvalue weighted by Crippen LogP contribution is 2.21. The summed E-state index contributed by atoms with van der Waals surface area (Å²) in [5, 5.41) is 20.9. The van der Waals surface area contributed by atoms with Crippen molar-refractivity contribution in [3.05, 3.63) is 34.9 Å². The Kier molecular flexibility index (Phi) is 8.24. The number of nitriles is 1. The number of aryl methyl sites for hydroxylation is 2. The van der Waals surface area contributed by atoms with E-state index in [0.717, 1.165) is 55.8 Å². The van der Waals surface area contributed by atoms with Gasteiger partial charge in [0, 0.05) is 38.6 Å². The van der Waals surface area contributed by atoms with Crippen molar-refractivity contribution < 1.29 is 9.72 Å². The summed E-state index contributed by atoms with van der Waals surface area (Å²) in [6.07, 6.45) is 1.80. The van der Waals surface area contributed by atoms with Crippen LogP contribution in [0.2, 0.25) is 0 Å². The van der Waals surface area contributed by atoms with E-state index in [2.05, 4.69) is 53.0 Å². The maximum atomic E-state index is 9.46. The van der Waals surface area contributed by atoms with Crippen molar-refractivity contribution in [2.75, 3.05) is 38.7 Å². The van der Waals surface area contributed by atoms with Crippen molar-refractivity contribution in [2.45, 2.75) is 26.7 Å². The number of hydrogen-bond donors (Lipinski definition) is 3. The Labute approximate surface area is 166 Å². The molecule has 27 heavy (non-hydrogen) atoms. The van der Waals surface area contributed by atoms with Crippen LogP contribution >= 0.6 is 12.2 Å². The van der Waals surface area contributed by atoms with Gasteiger partial charge in [0.1, 0.15) is 17.1 Å². The van der Waals surface area contributed by atoms with Gasteiger partial charge in [-0.1, -0.05) is 6.07 Å². The zero-order valence-corrected chi connectivity index (χ0v) is 17.1. The van der Waals surface area contributed by atoms with Crippen molar-refractivity contribution in [3.63, 3.8) is 0 Å². The molecule has 0 amide bonds. The lowest BCUT2D eigenvalue weighted by Crippen LogP contribution is -2.37. The number of hydrogen-bond acceptors (Lipinski definition) is 4. The van der Waals surface area contributed by atoms with Gasteiger partial charge in [0.15, 0.2) is 5.11 Å². The minimum Gasteiger partial charge on any atom is -0.385 e. The van der Waals surface area contributed by atoms with Crippen LogP contribution < -0.4 is 20.9 Å². The topological polar surface area (TPSA) is 83.2 Å². The molecule has 2 aromatic rings. The van der Waals surface area contributed by atoms with E-state index in [-0.39, 0.29) is 0 Å². The Morgan fingerprint density at radius 2 is 1.89 bits per heavy atom. The Bertz CT molecular complexity index is 831. The molecule has 0 aliphatic heterocycles. The van der Waals surface area contributed by atoms with Gasteiger partial charge in [0.05, 0.1) is 6.54 Å². The van der Waals surface area contributed by atoms with Crippen LogP contribution in [0.25, 0.3) is 10.9 Å². The zero-order valence-electron chi connectivity index (χ0n) is 16.2. The van der Waals surface area contributed by atoms with Gasteiger partial charge in [-0.2, -0.15) is 5.26 Å². The molecule has 6 nitrogen and oxygen atoms in total. The number of nitrogens with zero attached hydrogens (tertiary/aromatic N) is 1. The molecule has 1 aromatic carbocycles. The van der Waals surface area contributed by atoms with E-state index in [1.54, 1.807) is 7.11 Å². The van der Waals surface area contributed by atoms with Gasteiger partial charge in [-0.25, -0.2) is 4.98 Å². The summed E-state index contributed by atoms with van der Waals surface area (Å²) in [6.45, 7) is 7.16. The molecule has 0 saturated heterocycles. The minimum atomic E-state index is 0.623. The highest BCUT2D eigenvalue weighted by Gasteiger charge is 2.13. The predicted molar refractivity (Wildman–Crippen MR) is 113 cm³/mol. The van der Waals surface area contributed by atoms with Crippen molar-refractivity contribution in [1.82, 2.24) is 10.6 Å². The molecule has 0 bridgehead atoms. The number of benzene rings is 1. The van der Waals surface area contributed by atoms with Crippen LogP contribution in [0.5, 0.6) is 0 Å². The molecule has 0 saturated carbocycles. The lowest BCUT2D eigenvalue weighted by molar-refractivity contribution is -0.327. The predicted octanol–water partition coefficient (Wildman–Crippen LogP) is 2.45. The standard InChI is InChI=1S/C20H27N5OS/c1-14-10-15(2)17-12-16(13-21)19(25-18(17)11-14)22-6-4-7-23-20(27)24-8-5-9-26-3/h10-12H,4-9H2,1-3H3,(H,22,25)(H2,23,24,27)/p+1. The highest BCUT2D eigenvalue weighted by molar-refractivity contribution is 7.80. The van der Waals surface area contributed by atoms with Gasteiger partial charge in [0.25, 0.3) is 5.82 Å². The van der Waals surface area contributed by atoms with E-state index in [1.807, 2.05) is 6.07 Å². The monoisotopic (exact) mass is 386 g/mol. The number of aromatic nitrogens is 1. The largest absolute Gasteiger partial charge is 0.385 e. The van der Waals surface area contributed by atoms with E-state index in [1.165, 1.54) is 11.1 Å². The van der Waals surface area contributed by atoms with E-state index < -0.39 is 0 Å². The fraction of sp³-hybridized carbons (Fsp3) is 0.450. The third-order valence-corrected chi connectivity index (χ3v) is 4.51. The number of H-pyrrole nitrogens is 1. The number of rotatable bonds is 9. The van der Waals surface area contributed by atoms with Crippen molar-refractivity contribution in [2.24, 2.45) is 0 Å². The Balaban J connectivity index is 1.84. The summed E-state index contributed by atoms with van der Waals surface area (Å²) in [6, 6.07) is 8.44. The van der Waals surface area contributed by atoms with Gasteiger partial charge in [-0.3, -0.25) is 5.32 Å². The minimum absolute atomic E-state index is 0.623. The summed E-state index contributed by atoms with van der Waals surface area (Å²) >= 11 is 5.23. The Morgan fingerprint density at radius 1 is 1.15 bits per heavy atom. The molecular weight excluding hydrogens is 358 g/mol. The second-order valence-corrected chi connectivity index (χ2v) is 6.93. The molecule has 2 rings (SSSR count). The second kappa shape index (κ2) is 10.7. The van der Waals surface area contributed by atoms with E-state index >= 15 is 0 Å². The first-order valence-corrected chi connectivity index (χ1v) is 9.58. The van der Waals surface area contributed by atoms with Gasteiger partial charge < -0.3 is 15.4 Å². The summed E-state index contributed by atoms with van der Waals surface area (Å²) < 4.78 is 5.00. The normalized spacial score (nSPS) is 10.4. The molecule has 0 fully saturated rings. The summed E-state index contributed by atoms with van der Waals surface area (Å²) in [5.74, 6) is 0.760. The molecule has 0 unspecified atom stereocenters. The van der Waals surface area contributed by atoms with Crippen molar-refractivity contribution >= 4 is 34.1 Å². The van der Waals surface area contributed by atoms with E-state index in [4.69, 9.17) is 17.0 Å².